The van der Waals surface area contributed by atoms with Gasteiger partial charge in [-0.1, -0.05) is 0 Å². The number of hydrogen-bond acceptors (Lipinski definition) is 3. The third kappa shape index (κ3) is 1.29. The molecule has 1 rings (SSSR count). The van der Waals surface area contributed by atoms with Gasteiger partial charge in [0.15, 0.2) is 0 Å². The van der Waals surface area contributed by atoms with Crippen LogP contribution in [0.1, 0.15) is 0 Å². The molecule has 3 nitrogen and oxygen atoms in total. The molecule has 0 radical (unpaired) electrons. The number of halogens is 2. The van der Waals surface area contributed by atoms with Crippen LogP contribution >= 0.6 is 0 Å². The summed E-state index contributed by atoms with van der Waals surface area (Å²) in [4.78, 5) is 12.6. The minimum atomic E-state index is -2.84. The average Bonchev–Trinajstić information content (AvgIpc) is 2.48. The van der Waals surface area contributed by atoms with Crippen molar-refractivity contribution in [1.29, 1.82) is 0 Å². The molecule has 0 heterocycles. The summed E-state index contributed by atoms with van der Waals surface area (Å²) in [5.74, 6) is -4.82. The molecule has 2 atom stereocenters. The normalized spacial score (nSPS) is 32.6. The van der Waals surface area contributed by atoms with Crippen molar-refractivity contribution in [3.8, 4) is 0 Å². The highest BCUT2D eigenvalue weighted by Gasteiger charge is 2.67. The zero-order valence-corrected chi connectivity index (χ0v) is 5.63. The number of carbonyl (C=O) groups excluding carboxylic acids is 1. The lowest BCUT2D eigenvalue weighted by molar-refractivity contribution is 0.0730. The Kier molecular flexibility index (Phi) is 2.02. The number of isocyanates is 1. The van der Waals surface area contributed by atoms with Crippen LogP contribution in [-0.2, 0) is 4.79 Å². The lowest BCUT2D eigenvalue weighted by atomic mass is 10.3. The number of rotatable bonds is 3. The number of hydrogen-bond donors (Lipinski definition) is 1. The van der Waals surface area contributed by atoms with Gasteiger partial charge >= 0.3 is 0 Å². The number of nitrogens with zero attached hydrogens (tertiary/aromatic N) is 1. The predicted octanol–water partition coefficient (Wildman–Crippen LogP) is 0.196. The van der Waals surface area contributed by atoms with Crippen LogP contribution in [0.5, 0.6) is 0 Å². The molecule has 0 aromatic rings. The summed E-state index contributed by atoms with van der Waals surface area (Å²) < 4.78 is 24.9. The lowest BCUT2D eigenvalue weighted by Gasteiger charge is -1.88. The lowest BCUT2D eigenvalue weighted by Crippen LogP contribution is -1.97. The van der Waals surface area contributed by atoms with Gasteiger partial charge in [0.2, 0.25) is 6.08 Å². The molecule has 0 aromatic heterocycles. The number of aliphatic imine (C=N–C) groups is 1. The molecule has 0 saturated heterocycles. The Labute approximate surface area is 61.7 Å². The quantitative estimate of drug-likeness (QED) is 0.477. The summed E-state index contributed by atoms with van der Waals surface area (Å²) >= 11 is 0. The van der Waals surface area contributed by atoms with Gasteiger partial charge in [-0.3, -0.25) is 0 Å². The van der Waals surface area contributed by atoms with Crippen molar-refractivity contribution in [2.24, 2.45) is 16.8 Å². The van der Waals surface area contributed by atoms with Crippen molar-refractivity contribution < 1.29 is 18.7 Å². The molecule has 0 spiro atoms. The van der Waals surface area contributed by atoms with Crippen LogP contribution in [-0.4, -0.2) is 30.3 Å². The second-order valence-electron chi connectivity index (χ2n) is 2.50. The first kappa shape index (κ1) is 8.30. The van der Waals surface area contributed by atoms with E-state index in [1.165, 1.54) is 6.08 Å². The highest BCUT2D eigenvalue weighted by molar-refractivity contribution is 5.33. The van der Waals surface area contributed by atoms with Crippen molar-refractivity contribution in [1.82, 2.24) is 0 Å². The van der Waals surface area contributed by atoms with Crippen LogP contribution in [0.4, 0.5) is 8.78 Å². The summed E-state index contributed by atoms with van der Waals surface area (Å²) in [5, 5.41) is 8.39. The second-order valence-corrected chi connectivity index (χ2v) is 2.50. The number of aliphatic hydroxyl groups is 1. The molecule has 0 amide bonds. The van der Waals surface area contributed by atoms with E-state index in [1.54, 1.807) is 0 Å². The van der Waals surface area contributed by atoms with Crippen molar-refractivity contribution >= 4 is 6.08 Å². The summed E-state index contributed by atoms with van der Waals surface area (Å²) in [6.07, 6.45) is 1.18. The third-order valence-corrected chi connectivity index (χ3v) is 1.91. The predicted molar refractivity (Wildman–Crippen MR) is 32.0 cm³/mol. The van der Waals surface area contributed by atoms with E-state index in [9.17, 15) is 13.6 Å². The highest BCUT2D eigenvalue weighted by Crippen LogP contribution is 2.54. The highest BCUT2D eigenvalue weighted by atomic mass is 19.3. The zero-order chi connectivity index (χ0) is 8.48. The second kappa shape index (κ2) is 2.68. The van der Waals surface area contributed by atoms with E-state index >= 15 is 0 Å². The van der Waals surface area contributed by atoms with Crippen molar-refractivity contribution in [3.63, 3.8) is 0 Å². The fourth-order valence-corrected chi connectivity index (χ4v) is 1.09. The van der Waals surface area contributed by atoms with Crippen LogP contribution in [0, 0.1) is 11.8 Å². The number of alkyl halides is 2. The maximum Gasteiger partial charge on any atom is 0.258 e. The number of aliphatic hydroxyl groups excluding tert-OH is 1. The van der Waals surface area contributed by atoms with Gasteiger partial charge in [-0.25, -0.2) is 18.6 Å². The molecule has 1 aliphatic rings. The molecule has 1 N–H and O–H groups in total. The van der Waals surface area contributed by atoms with Gasteiger partial charge in [-0.15, -0.1) is 0 Å². The van der Waals surface area contributed by atoms with Gasteiger partial charge < -0.3 is 5.11 Å². The van der Waals surface area contributed by atoms with Gasteiger partial charge in [-0.05, 0) is 0 Å². The maximum absolute atomic E-state index is 12.4. The Morgan fingerprint density at radius 2 is 2.18 bits per heavy atom. The van der Waals surface area contributed by atoms with Crippen LogP contribution in [0.2, 0.25) is 0 Å². The molecule has 62 valence electrons. The topological polar surface area (TPSA) is 49.7 Å². The van der Waals surface area contributed by atoms with Crippen molar-refractivity contribution in [2.45, 2.75) is 5.92 Å². The summed E-state index contributed by atoms with van der Waals surface area (Å²) in [6, 6.07) is 0. The summed E-state index contributed by atoms with van der Waals surface area (Å²) in [5.41, 5.74) is 0. The van der Waals surface area contributed by atoms with E-state index in [4.69, 9.17) is 5.11 Å². The SMILES string of the molecule is O=C=NCC1C(CO)C1(F)F. The first-order valence-corrected chi connectivity index (χ1v) is 3.17. The monoisotopic (exact) mass is 163 g/mol. The largest absolute Gasteiger partial charge is 0.396 e. The Morgan fingerprint density at radius 1 is 1.55 bits per heavy atom. The van der Waals surface area contributed by atoms with Gasteiger partial charge in [-0.2, -0.15) is 0 Å². The first-order chi connectivity index (χ1) is 5.14. The molecule has 11 heavy (non-hydrogen) atoms. The molecule has 1 saturated carbocycles. The van der Waals surface area contributed by atoms with Crippen molar-refractivity contribution in [3.05, 3.63) is 0 Å². The maximum atomic E-state index is 12.4. The molecular formula is C6H7F2NO2. The Bertz CT molecular complexity index is 201. The Morgan fingerprint density at radius 3 is 2.55 bits per heavy atom. The van der Waals surface area contributed by atoms with E-state index in [0.29, 0.717) is 0 Å². The van der Waals surface area contributed by atoms with Gasteiger partial charge in [0, 0.05) is 0 Å². The molecular weight excluding hydrogens is 156 g/mol. The summed E-state index contributed by atoms with van der Waals surface area (Å²) in [7, 11) is 0. The van der Waals surface area contributed by atoms with Gasteiger partial charge in [0.05, 0.1) is 25.0 Å². The fraction of sp³-hybridized carbons (Fsp3) is 0.833. The third-order valence-electron chi connectivity index (χ3n) is 1.91. The Balaban J connectivity index is 2.45. The van der Waals surface area contributed by atoms with Gasteiger partial charge in [0.25, 0.3) is 5.92 Å². The van der Waals surface area contributed by atoms with E-state index in [1.807, 2.05) is 0 Å². The van der Waals surface area contributed by atoms with Gasteiger partial charge in [0.1, 0.15) is 0 Å². The molecule has 5 heteroatoms. The summed E-state index contributed by atoms with van der Waals surface area (Å²) in [6.45, 7) is -0.784. The van der Waals surface area contributed by atoms with Crippen LogP contribution in [0.3, 0.4) is 0 Å². The van der Waals surface area contributed by atoms with E-state index < -0.39 is 24.4 Å². The van der Waals surface area contributed by atoms with Crippen LogP contribution in [0.15, 0.2) is 4.99 Å². The molecule has 0 bridgehead atoms. The fourth-order valence-electron chi connectivity index (χ4n) is 1.09. The van der Waals surface area contributed by atoms with E-state index in [0.717, 1.165) is 0 Å². The molecule has 0 aliphatic heterocycles. The van der Waals surface area contributed by atoms with E-state index in [-0.39, 0.29) is 6.54 Å². The average molecular weight is 163 g/mol. The molecule has 1 aliphatic carbocycles. The minimum Gasteiger partial charge on any atom is -0.396 e. The van der Waals surface area contributed by atoms with Crippen LogP contribution < -0.4 is 0 Å². The van der Waals surface area contributed by atoms with Crippen molar-refractivity contribution in [2.75, 3.05) is 13.2 Å². The standard InChI is InChI=1S/C6H7F2NO2/c7-6(8)4(1-9-3-11)5(6)2-10/h4-5,10H,1-2H2. The minimum absolute atomic E-state index is 0.234. The smallest absolute Gasteiger partial charge is 0.258 e. The van der Waals surface area contributed by atoms with E-state index in [2.05, 4.69) is 4.99 Å². The molecule has 0 aromatic carbocycles. The zero-order valence-electron chi connectivity index (χ0n) is 5.63. The molecule has 2 unspecified atom stereocenters. The Hall–Kier alpha value is -0.800. The molecule has 1 fully saturated rings. The first-order valence-electron chi connectivity index (χ1n) is 3.17. The van der Waals surface area contributed by atoms with Crippen LogP contribution in [0.25, 0.3) is 0 Å².